The summed E-state index contributed by atoms with van der Waals surface area (Å²) in [4.78, 5) is 6.84. The number of imidazole rings is 1. The third-order valence-electron chi connectivity index (χ3n) is 3.65. The molecular weight excluding hydrogens is 264 g/mol. The van der Waals surface area contributed by atoms with Gasteiger partial charge in [0.15, 0.2) is 5.03 Å². The van der Waals surface area contributed by atoms with Crippen molar-refractivity contribution in [2.45, 2.75) is 44.2 Å². The van der Waals surface area contributed by atoms with Gasteiger partial charge in [0.2, 0.25) is 0 Å². The molecule has 1 saturated heterocycles. The van der Waals surface area contributed by atoms with Crippen molar-refractivity contribution in [2.24, 2.45) is 5.92 Å². The maximum Gasteiger partial charge on any atom is 0.257 e. The molecule has 1 aliphatic rings. The van der Waals surface area contributed by atoms with Crippen LogP contribution in [0, 0.1) is 5.92 Å². The highest BCUT2D eigenvalue weighted by atomic mass is 32.2. The second-order valence-electron chi connectivity index (χ2n) is 5.08. The molecule has 0 aromatic carbocycles. The summed E-state index contributed by atoms with van der Waals surface area (Å²) in [6, 6.07) is 0.206. The van der Waals surface area contributed by atoms with Gasteiger partial charge in [-0.05, 0) is 25.3 Å². The molecule has 1 aliphatic heterocycles. The third kappa shape index (κ3) is 3.55. The highest BCUT2D eigenvalue weighted by molar-refractivity contribution is 7.89. The lowest BCUT2D eigenvalue weighted by atomic mass is 9.93. The topological polar surface area (TPSA) is 86.9 Å². The van der Waals surface area contributed by atoms with Gasteiger partial charge in [-0.1, -0.05) is 13.8 Å². The summed E-state index contributed by atoms with van der Waals surface area (Å²) in [5.41, 5.74) is 0. The number of sulfonamides is 1. The zero-order valence-electron chi connectivity index (χ0n) is 11.4. The molecule has 0 amide bonds. The van der Waals surface area contributed by atoms with E-state index in [-0.39, 0.29) is 11.1 Å². The van der Waals surface area contributed by atoms with Crippen LogP contribution >= 0.6 is 0 Å². The zero-order valence-corrected chi connectivity index (χ0v) is 12.3. The average Bonchev–Trinajstić information content (AvgIpc) is 2.87. The molecule has 1 aromatic rings. The maximum absolute atomic E-state index is 12.1. The van der Waals surface area contributed by atoms with Crippen LogP contribution in [0.1, 0.15) is 32.5 Å². The van der Waals surface area contributed by atoms with Gasteiger partial charge in [-0.15, -0.1) is 0 Å². The molecule has 6 nitrogen and oxygen atoms in total. The molecule has 2 unspecified atom stereocenters. The molecule has 0 spiro atoms. The first-order chi connectivity index (χ1) is 9.03. The predicted octanol–water partition coefficient (Wildman–Crippen LogP) is 0.638. The van der Waals surface area contributed by atoms with E-state index in [0.717, 1.165) is 19.4 Å². The van der Waals surface area contributed by atoms with Crippen molar-refractivity contribution in [3.63, 3.8) is 0 Å². The van der Waals surface area contributed by atoms with Crippen LogP contribution in [0.4, 0.5) is 0 Å². The number of nitrogens with zero attached hydrogens (tertiary/aromatic N) is 1. The first kappa shape index (κ1) is 14.5. The largest absolute Gasteiger partial charge is 0.332 e. The van der Waals surface area contributed by atoms with Gasteiger partial charge in [-0.25, -0.2) is 18.1 Å². The molecule has 3 N–H and O–H groups in total. The van der Waals surface area contributed by atoms with Crippen molar-refractivity contribution in [3.8, 4) is 0 Å². The predicted molar refractivity (Wildman–Crippen MR) is 73.3 cm³/mol. The number of H-pyrrole nitrogens is 1. The van der Waals surface area contributed by atoms with E-state index in [0.29, 0.717) is 24.7 Å². The molecule has 19 heavy (non-hydrogen) atoms. The van der Waals surface area contributed by atoms with E-state index in [1.807, 2.05) is 6.92 Å². The van der Waals surface area contributed by atoms with E-state index in [9.17, 15) is 8.42 Å². The van der Waals surface area contributed by atoms with Crippen molar-refractivity contribution in [3.05, 3.63) is 12.0 Å². The average molecular weight is 286 g/mol. The Balaban J connectivity index is 1.97. The van der Waals surface area contributed by atoms with E-state index in [1.165, 1.54) is 6.20 Å². The van der Waals surface area contributed by atoms with E-state index >= 15 is 0 Å². The number of aromatic amines is 1. The molecule has 2 rings (SSSR count). The van der Waals surface area contributed by atoms with Gasteiger partial charge in [-0.2, -0.15) is 0 Å². The smallest absolute Gasteiger partial charge is 0.257 e. The van der Waals surface area contributed by atoms with Gasteiger partial charge in [0.05, 0.1) is 6.20 Å². The molecule has 1 fully saturated rings. The Hall–Kier alpha value is -0.920. The van der Waals surface area contributed by atoms with Crippen LogP contribution in [0.15, 0.2) is 11.2 Å². The van der Waals surface area contributed by atoms with Gasteiger partial charge < -0.3 is 10.3 Å². The van der Waals surface area contributed by atoms with Crippen LogP contribution in [-0.4, -0.2) is 37.5 Å². The first-order valence-electron chi connectivity index (χ1n) is 6.80. The number of aromatic nitrogens is 2. The monoisotopic (exact) mass is 286 g/mol. The molecule has 0 bridgehead atoms. The zero-order chi connectivity index (χ0) is 13.9. The van der Waals surface area contributed by atoms with Crippen LogP contribution < -0.4 is 10.0 Å². The van der Waals surface area contributed by atoms with Crippen LogP contribution in [0.3, 0.4) is 0 Å². The minimum atomic E-state index is -3.48. The fraction of sp³-hybridized carbons (Fsp3) is 0.750. The Morgan fingerprint density at radius 3 is 2.95 bits per heavy atom. The highest BCUT2D eigenvalue weighted by Crippen LogP contribution is 2.15. The summed E-state index contributed by atoms with van der Waals surface area (Å²) < 4.78 is 26.9. The lowest BCUT2D eigenvalue weighted by Gasteiger charge is -2.30. The quantitative estimate of drug-likeness (QED) is 0.741. The summed E-state index contributed by atoms with van der Waals surface area (Å²) in [5.74, 6) is 1.17. The SMILES string of the molecule is CCc1ncc(S(=O)(=O)NCC2NCCCC2C)[nH]1. The molecule has 0 saturated carbocycles. The fourth-order valence-electron chi connectivity index (χ4n) is 2.32. The Morgan fingerprint density at radius 2 is 2.32 bits per heavy atom. The van der Waals surface area contributed by atoms with Gasteiger partial charge in [0.1, 0.15) is 5.82 Å². The van der Waals surface area contributed by atoms with E-state index < -0.39 is 10.0 Å². The van der Waals surface area contributed by atoms with Crippen LogP contribution in [0.5, 0.6) is 0 Å². The standard InChI is InChI=1S/C12H22N4O2S/c1-3-11-14-8-12(16-11)19(17,18)15-7-10-9(2)5-4-6-13-10/h8-10,13,15H,3-7H2,1-2H3,(H,14,16). The van der Waals surface area contributed by atoms with E-state index in [2.05, 4.69) is 26.9 Å². The molecule has 0 aliphatic carbocycles. The molecular formula is C12H22N4O2S. The lowest BCUT2D eigenvalue weighted by Crippen LogP contribution is -2.47. The summed E-state index contributed by atoms with van der Waals surface area (Å²) in [7, 11) is -3.48. The summed E-state index contributed by atoms with van der Waals surface area (Å²) in [6.07, 6.45) is 4.36. The number of hydrogen-bond donors (Lipinski definition) is 3. The third-order valence-corrected chi connectivity index (χ3v) is 4.99. The minimum Gasteiger partial charge on any atom is -0.332 e. The van der Waals surface area contributed by atoms with Crippen LogP contribution in [0.2, 0.25) is 0 Å². The molecule has 1 aromatic heterocycles. The Bertz CT molecular complexity index is 512. The molecule has 108 valence electrons. The van der Waals surface area contributed by atoms with Crippen LogP contribution in [-0.2, 0) is 16.4 Å². The Kier molecular flexibility index (Phi) is 4.59. The molecule has 2 heterocycles. The maximum atomic E-state index is 12.1. The number of nitrogens with one attached hydrogen (secondary N) is 3. The van der Waals surface area contributed by atoms with E-state index in [4.69, 9.17) is 0 Å². The summed E-state index contributed by atoms with van der Waals surface area (Å²) in [6.45, 7) is 5.46. The normalized spacial score (nSPS) is 24.5. The van der Waals surface area contributed by atoms with Crippen LogP contribution in [0.25, 0.3) is 0 Å². The van der Waals surface area contributed by atoms with Gasteiger partial charge in [0.25, 0.3) is 10.0 Å². The van der Waals surface area contributed by atoms with Crippen molar-refractivity contribution < 1.29 is 8.42 Å². The fourth-order valence-corrected chi connectivity index (χ4v) is 3.32. The molecule has 2 atom stereocenters. The van der Waals surface area contributed by atoms with Crippen molar-refractivity contribution in [1.29, 1.82) is 0 Å². The van der Waals surface area contributed by atoms with E-state index in [1.54, 1.807) is 0 Å². The minimum absolute atomic E-state index is 0.146. The first-order valence-corrected chi connectivity index (χ1v) is 8.28. The van der Waals surface area contributed by atoms with Gasteiger partial charge in [0, 0.05) is 19.0 Å². The van der Waals surface area contributed by atoms with Crippen molar-refractivity contribution in [2.75, 3.05) is 13.1 Å². The van der Waals surface area contributed by atoms with Crippen molar-refractivity contribution >= 4 is 10.0 Å². The summed E-state index contributed by atoms with van der Waals surface area (Å²) in [5, 5.41) is 3.50. The lowest BCUT2D eigenvalue weighted by molar-refractivity contribution is 0.300. The Labute approximate surface area is 114 Å². The van der Waals surface area contributed by atoms with Crippen molar-refractivity contribution in [1.82, 2.24) is 20.0 Å². The second-order valence-corrected chi connectivity index (χ2v) is 6.82. The number of hydrogen-bond acceptors (Lipinski definition) is 4. The number of aryl methyl sites for hydroxylation is 1. The van der Waals surface area contributed by atoms with Gasteiger partial charge in [-0.3, -0.25) is 0 Å². The molecule has 0 radical (unpaired) electrons. The highest BCUT2D eigenvalue weighted by Gasteiger charge is 2.24. The molecule has 7 heteroatoms. The number of rotatable bonds is 5. The van der Waals surface area contributed by atoms with Gasteiger partial charge >= 0.3 is 0 Å². The summed E-state index contributed by atoms with van der Waals surface area (Å²) >= 11 is 0. The number of piperidine rings is 1. The Morgan fingerprint density at radius 1 is 1.53 bits per heavy atom. The second kappa shape index (κ2) is 6.02.